The van der Waals surface area contributed by atoms with Crippen LogP contribution in [0.1, 0.15) is 17.0 Å². The summed E-state index contributed by atoms with van der Waals surface area (Å²) in [5, 5.41) is 3.84. The lowest BCUT2D eigenvalue weighted by Crippen LogP contribution is -1.86. The molecule has 0 aliphatic heterocycles. The zero-order valence-corrected chi connectivity index (χ0v) is 8.61. The first kappa shape index (κ1) is 9.47. The zero-order chi connectivity index (χ0) is 10.8. The van der Waals surface area contributed by atoms with Crippen LogP contribution in [0.2, 0.25) is 0 Å². The normalized spacial score (nSPS) is 9.93. The Morgan fingerprint density at radius 2 is 2.13 bits per heavy atom. The molecule has 1 heterocycles. The molecule has 0 atom stereocenters. The van der Waals surface area contributed by atoms with Crippen molar-refractivity contribution in [2.45, 2.75) is 13.8 Å². The second-order valence-electron chi connectivity index (χ2n) is 3.31. The van der Waals surface area contributed by atoms with Crippen molar-refractivity contribution in [3.8, 4) is 23.7 Å². The summed E-state index contributed by atoms with van der Waals surface area (Å²) >= 11 is 0. The number of hydrogen-bond donors (Lipinski definition) is 0. The molecule has 0 unspecified atom stereocenters. The Balaban J connectivity index is 2.51. The molecule has 0 aliphatic carbocycles. The SMILES string of the molecule is C#Cc1cc(-c2noc(C)n2)ccc1C. The van der Waals surface area contributed by atoms with Gasteiger partial charge in [0.2, 0.25) is 11.7 Å². The molecule has 0 aliphatic rings. The molecule has 74 valence electrons. The monoisotopic (exact) mass is 198 g/mol. The van der Waals surface area contributed by atoms with Crippen LogP contribution in [0.3, 0.4) is 0 Å². The first-order valence-electron chi connectivity index (χ1n) is 4.58. The van der Waals surface area contributed by atoms with E-state index in [2.05, 4.69) is 16.1 Å². The van der Waals surface area contributed by atoms with Gasteiger partial charge in [-0.3, -0.25) is 0 Å². The third-order valence-corrected chi connectivity index (χ3v) is 2.18. The van der Waals surface area contributed by atoms with Crippen LogP contribution in [0.25, 0.3) is 11.4 Å². The van der Waals surface area contributed by atoms with Crippen LogP contribution in [-0.4, -0.2) is 10.1 Å². The van der Waals surface area contributed by atoms with Gasteiger partial charge >= 0.3 is 0 Å². The van der Waals surface area contributed by atoms with Crippen molar-refractivity contribution in [1.82, 2.24) is 10.1 Å². The summed E-state index contributed by atoms with van der Waals surface area (Å²) in [6.07, 6.45) is 5.39. The number of aryl methyl sites for hydroxylation is 2. The molecule has 3 heteroatoms. The van der Waals surface area contributed by atoms with E-state index in [-0.39, 0.29) is 0 Å². The Morgan fingerprint density at radius 3 is 2.73 bits per heavy atom. The van der Waals surface area contributed by atoms with E-state index in [9.17, 15) is 0 Å². The fourth-order valence-electron chi connectivity index (χ4n) is 1.33. The molecule has 0 radical (unpaired) electrons. The maximum Gasteiger partial charge on any atom is 0.223 e. The largest absolute Gasteiger partial charge is 0.339 e. The zero-order valence-electron chi connectivity index (χ0n) is 8.61. The van der Waals surface area contributed by atoms with Gasteiger partial charge in [0.05, 0.1) is 0 Å². The summed E-state index contributed by atoms with van der Waals surface area (Å²) in [5.74, 6) is 3.75. The number of benzene rings is 1. The molecule has 1 aromatic carbocycles. The van der Waals surface area contributed by atoms with Crippen molar-refractivity contribution in [3.63, 3.8) is 0 Å². The van der Waals surface area contributed by atoms with Crippen molar-refractivity contribution in [3.05, 3.63) is 35.2 Å². The molecular weight excluding hydrogens is 188 g/mol. The van der Waals surface area contributed by atoms with Crippen molar-refractivity contribution >= 4 is 0 Å². The Morgan fingerprint density at radius 1 is 1.33 bits per heavy atom. The van der Waals surface area contributed by atoms with Crippen molar-refractivity contribution in [2.24, 2.45) is 0 Å². The predicted octanol–water partition coefficient (Wildman–Crippen LogP) is 2.33. The average Bonchev–Trinajstić information content (AvgIpc) is 2.66. The van der Waals surface area contributed by atoms with Crippen molar-refractivity contribution in [1.29, 1.82) is 0 Å². The molecule has 0 saturated carbocycles. The summed E-state index contributed by atoms with van der Waals surface area (Å²) in [4.78, 5) is 4.14. The molecule has 2 rings (SSSR count). The molecule has 0 N–H and O–H groups in total. The standard InChI is InChI=1S/C12H10N2O/c1-4-10-7-11(6-5-8(10)2)12-13-9(3)15-14-12/h1,5-7H,2-3H3. The number of terminal acetylenes is 1. The maximum atomic E-state index is 5.39. The maximum absolute atomic E-state index is 5.39. The Bertz CT molecular complexity index is 535. The molecule has 0 bridgehead atoms. The highest BCUT2D eigenvalue weighted by atomic mass is 16.5. The molecular formula is C12H10N2O. The molecule has 0 amide bonds. The molecule has 1 aromatic heterocycles. The second-order valence-corrected chi connectivity index (χ2v) is 3.31. The topological polar surface area (TPSA) is 38.9 Å². The van der Waals surface area contributed by atoms with Gasteiger partial charge in [-0.05, 0) is 18.6 Å². The summed E-state index contributed by atoms with van der Waals surface area (Å²) < 4.78 is 4.91. The number of nitrogens with zero attached hydrogens (tertiary/aromatic N) is 2. The summed E-state index contributed by atoms with van der Waals surface area (Å²) in [7, 11) is 0. The van der Waals surface area contributed by atoms with E-state index in [0.29, 0.717) is 11.7 Å². The van der Waals surface area contributed by atoms with Gasteiger partial charge in [0.1, 0.15) is 0 Å². The molecule has 2 aromatic rings. The molecule has 3 nitrogen and oxygen atoms in total. The van der Waals surface area contributed by atoms with Crippen molar-refractivity contribution in [2.75, 3.05) is 0 Å². The highest BCUT2D eigenvalue weighted by Gasteiger charge is 2.06. The predicted molar refractivity (Wildman–Crippen MR) is 57.1 cm³/mol. The van der Waals surface area contributed by atoms with Gasteiger partial charge in [-0.15, -0.1) is 6.42 Å². The van der Waals surface area contributed by atoms with E-state index < -0.39 is 0 Å². The minimum absolute atomic E-state index is 0.549. The lowest BCUT2D eigenvalue weighted by atomic mass is 10.1. The highest BCUT2D eigenvalue weighted by Crippen LogP contribution is 2.19. The first-order chi connectivity index (χ1) is 7.20. The lowest BCUT2D eigenvalue weighted by molar-refractivity contribution is 0.394. The summed E-state index contributed by atoms with van der Waals surface area (Å²) in [6, 6.07) is 5.77. The van der Waals surface area contributed by atoms with E-state index in [4.69, 9.17) is 10.9 Å². The van der Waals surface area contributed by atoms with Crippen LogP contribution in [-0.2, 0) is 0 Å². The Labute approximate surface area is 88.1 Å². The Hall–Kier alpha value is -2.08. The van der Waals surface area contributed by atoms with Crippen LogP contribution >= 0.6 is 0 Å². The van der Waals surface area contributed by atoms with E-state index in [1.165, 1.54) is 0 Å². The smallest absolute Gasteiger partial charge is 0.223 e. The van der Waals surface area contributed by atoms with Crippen molar-refractivity contribution < 1.29 is 4.52 Å². The third kappa shape index (κ3) is 1.75. The first-order valence-corrected chi connectivity index (χ1v) is 4.58. The van der Waals surface area contributed by atoms with Gasteiger partial charge in [0.15, 0.2) is 0 Å². The van der Waals surface area contributed by atoms with Crippen LogP contribution in [0.4, 0.5) is 0 Å². The van der Waals surface area contributed by atoms with E-state index >= 15 is 0 Å². The number of hydrogen-bond acceptors (Lipinski definition) is 3. The van der Waals surface area contributed by atoms with Gasteiger partial charge in [-0.2, -0.15) is 4.98 Å². The van der Waals surface area contributed by atoms with Gasteiger partial charge in [0.25, 0.3) is 0 Å². The highest BCUT2D eigenvalue weighted by molar-refractivity contribution is 5.59. The summed E-state index contributed by atoms with van der Waals surface area (Å²) in [6.45, 7) is 3.73. The van der Waals surface area contributed by atoms with Gasteiger partial charge in [-0.25, -0.2) is 0 Å². The molecule has 0 fully saturated rings. The minimum atomic E-state index is 0.549. The lowest BCUT2D eigenvalue weighted by Gasteiger charge is -1.99. The van der Waals surface area contributed by atoms with Gasteiger partial charge < -0.3 is 4.52 Å². The molecule has 15 heavy (non-hydrogen) atoms. The van der Waals surface area contributed by atoms with Crippen LogP contribution in [0.5, 0.6) is 0 Å². The van der Waals surface area contributed by atoms with Gasteiger partial charge in [-0.1, -0.05) is 23.2 Å². The minimum Gasteiger partial charge on any atom is -0.339 e. The van der Waals surface area contributed by atoms with E-state index in [0.717, 1.165) is 16.7 Å². The quantitative estimate of drug-likeness (QED) is 0.660. The number of aromatic nitrogens is 2. The number of rotatable bonds is 1. The van der Waals surface area contributed by atoms with Crippen LogP contribution in [0.15, 0.2) is 22.7 Å². The fourth-order valence-corrected chi connectivity index (χ4v) is 1.33. The molecule has 0 saturated heterocycles. The summed E-state index contributed by atoms with van der Waals surface area (Å²) in [5.41, 5.74) is 2.81. The molecule has 0 spiro atoms. The van der Waals surface area contributed by atoms with Crippen LogP contribution < -0.4 is 0 Å². The van der Waals surface area contributed by atoms with E-state index in [1.54, 1.807) is 6.92 Å². The van der Waals surface area contributed by atoms with Crippen LogP contribution in [0, 0.1) is 26.2 Å². The average molecular weight is 198 g/mol. The van der Waals surface area contributed by atoms with E-state index in [1.807, 2.05) is 25.1 Å². The second kappa shape index (κ2) is 3.58. The third-order valence-electron chi connectivity index (χ3n) is 2.18. The Kier molecular flexibility index (Phi) is 2.26. The fraction of sp³-hybridized carbons (Fsp3) is 0.167. The van der Waals surface area contributed by atoms with Gasteiger partial charge in [0, 0.05) is 18.1 Å².